The van der Waals surface area contributed by atoms with Gasteiger partial charge in [-0.2, -0.15) is 0 Å². The minimum Gasteiger partial charge on any atom is -0.494 e. The number of carbonyl (C=O) groups excluding carboxylic acids is 2. The van der Waals surface area contributed by atoms with Crippen molar-refractivity contribution in [2.75, 3.05) is 6.61 Å². The molecule has 148 valence electrons. The number of benzene rings is 2. The topological polar surface area (TPSA) is 79.5 Å². The van der Waals surface area contributed by atoms with Crippen LogP contribution in [0.25, 0.3) is 0 Å². The number of amides is 2. The van der Waals surface area contributed by atoms with E-state index in [1.807, 2.05) is 19.1 Å². The van der Waals surface area contributed by atoms with Crippen molar-refractivity contribution >= 4 is 29.1 Å². The monoisotopic (exact) mass is 399 g/mol. The van der Waals surface area contributed by atoms with Crippen molar-refractivity contribution in [3.63, 3.8) is 0 Å². The van der Waals surface area contributed by atoms with Crippen LogP contribution in [0, 0.1) is 12.8 Å². The lowest BCUT2D eigenvalue weighted by atomic mass is 10.1. The SMILES string of the molecule is Cc1ccccc1C(=O)NNC(=S)NC(=O)c1cccc(OCCC(C)C)c1. The molecule has 2 rings (SSSR count). The van der Waals surface area contributed by atoms with Crippen LogP contribution < -0.4 is 20.9 Å². The van der Waals surface area contributed by atoms with Gasteiger partial charge in [0.1, 0.15) is 5.75 Å². The highest BCUT2D eigenvalue weighted by Gasteiger charge is 2.11. The smallest absolute Gasteiger partial charge is 0.269 e. The molecule has 0 bridgehead atoms. The number of hydrazine groups is 1. The zero-order valence-electron chi connectivity index (χ0n) is 16.2. The van der Waals surface area contributed by atoms with E-state index in [0.717, 1.165) is 12.0 Å². The molecule has 0 spiro atoms. The molecule has 2 aromatic rings. The predicted octanol–water partition coefficient (Wildman–Crippen LogP) is 3.37. The molecule has 0 aliphatic heterocycles. The maximum Gasteiger partial charge on any atom is 0.269 e. The average Bonchev–Trinajstić information content (AvgIpc) is 2.66. The van der Waals surface area contributed by atoms with E-state index in [1.54, 1.807) is 36.4 Å². The Balaban J connectivity index is 1.86. The molecule has 0 unspecified atom stereocenters. The molecule has 2 amide bonds. The third kappa shape index (κ3) is 6.66. The molecular formula is C21H25N3O3S. The third-order valence-electron chi connectivity index (χ3n) is 3.97. The van der Waals surface area contributed by atoms with Crippen LogP contribution in [0.15, 0.2) is 48.5 Å². The van der Waals surface area contributed by atoms with Crippen molar-refractivity contribution < 1.29 is 14.3 Å². The lowest BCUT2D eigenvalue weighted by molar-refractivity contribution is 0.0934. The molecule has 0 radical (unpaired) electrons. The molecule has 3 N–H and O–H groups in total. The second-order valence-electron chi connectivity index (χ2n) is 6.74. The Labute approximate surface area is 170 Å². The summed E-state index contributed by atoms with van der Waals surface area (Å²) in [5.41, 5.74) is 6.79. The van der Waals surface area contributed by atoms with Gasteiger partial charge in [-0.15, -0.1) is 0 Å². The first-order chi connectivity index (χ1) is 13.4. The molecule has 2 aromatic carbocycles. The number of carbonyl (C=O) groups is 2. The first-order valence-corrected chi connectivity index (χ1v) is 9.48. The number of hydrogen-bond acceptors (Lipinski definition) is 4. The molecule has 0 saturated heterocycles. The standard InChI is InChI=1S/C21H25N3O3S/c1-14(2)11-12-27-17-9-6-8-16(13-17)19(25)22-21(28)24-23-20(26)18-10-5-4-7-15(18)3/h4-10,13-14H,11-12H2,1-3H3,(H,23,26)(H2,22,24,25,28). The summed E-state index contributed by atoms with van der Waals surface area (Å²) in [6.07, 6.45) is 0.936. The van der Waals surface area contributed by atoms with Crippen molar-refractivity contribution in [2.24, 2.45) is 5.92 Å². The van der Waals surface area contributed by atoms with Gasteiger partial charge in [0.05, 0.1) is 6.61 Å². The van der Waals surface area contributed by atoms with E-state index in [4.69, 9.17) is 17.0 Å². The maximum atomic E-state index is 12.4. The summed E-state index contributed by atoms with van der Waals surface area (Å²) in [6, 6.07) is 14.0. The van der Waals surface area contributed by atoms with Gasteiger partial charge in [0.25, 0.3) is 11.8 Å². The summed E-state index contributed by atoms with van der Waals surface area (Å²) in [7, 11) is 0. The molecule has 0 aliphatic carbocycles. The van der Waals surface area contributed by atoms with Crippen LogP contribution in [-0.2, 0) is 0 Å². The molecule has 0 aromatic heterocycles. The minimum atomic E-state index is -0.392. The van der Waals surface area contributed by atoms with Crippen LogP contribution in [0.5, 0.6) is 5.75 Å². The molecule has 0 aliphatic rings. The Hall–Kier alpha value is -2.93. The van der Waals surface area contributed by atoms with Crippen LogP contribution >= 0.6 is 12.2 Å². The van der Waals surface area contributed by atoms with E-state index < -0.39 is 5.91 Å². The zero-order valence-corrected chi connectivity index (χ0v) is 17.1. The Bertz CT molecular complexity index is 852. The summed E-state index contributed by atoms with van der Waals surface area (Å²) in [5, 5.41) is 2.53. The van der Waals surface area contributed by atoms with Gasteiger partial charge in [-0.25, -0.2) is 0 Å². The highest BCUT2D eigenvalue weighted by molar-refractivity contribution is 7.80. The summed E-state index contributed by atoms with van der Waals surface area (Å²) < 4.78 is 5.67. The molecule has 0 saturated carbocycles. The number of aryl methyl sites for hydroxylation is 1. The number of thiocarbonyl (C=S) groups is 1. The second-order valence-corrected chi connectivity index (χ2v) is 7.14. The van der Waals surface area contributed by atoms with Gasteiger partial charge in [-0.3, -0.25) is 25.8 Å². The first kappa shape index (κ1) is 21.4. The van der Waals surface area contributed by atoms with E-state index in [2.05, 4.69) is 30.0 Å². The fourth-order valence-corrected chi connectivity index (χ4v) is 2.50. The number of ether oxygens (including phenoxy) is 1. The van der Waals surface area contributed by atoms with Crippen LogP contribution in [0.3, 0.4) is 0 Å². The van der Waals surface area contributed by atoms with Crippen LogP contribution in [-0.4, -0.2) is 23.5 Å². The highest BCUT2D eigenvalue weighted by atomic mass is 32.1. The van der Waals surface area contributed by atoms with E-state index >= 15 is 0 Å². The van der Waals surface area contributed by atoms with E-state index in [-0.39, 0.29) is 11.0 Å². The highest BCUT2D eigenvalue weighted by Crippen LogP contribution is 2.14. The van der Waals surface area contributed by atoms with Gasteiger partial charge in [-0.05, 0) is 61.3 Å². The summed E-state index contributed by atoms with van der Waals surface area (Å²) in [5.74, 6) is 0.442. The molecule has 7 heteroatoms. The Morgan fingerprint density at radius 1 is 1.04 bits per heavy atom. The Morgan fingerprint density at radius 2 is 1.79 bits per heavy atom. The number of hydrogen-bond donors (Lipinski definition) is 3. The van der Waals surface area contributed by atoms with E-state index in [9.17, 15) is 9.59 Å². The largest absolute Gasteiger partial charge is 0.494 e. The van der Waals surface area contributed by atoms with Gasteiger partial charge in [-0.1, -0.05) is 38.1 Å². The van der Waals surface area contributed by atoms with Gasteiger partial charge >= 0.3 is 0 Å². The summed E-state index contributed by atoms with van der Waals surface area (Å²) >= 11 is 5.07. The van der Waals surface area contributed by atoms with Gasteiger partial charge in [0.15, 0.2) is 5.11 Å². The van der Waals surface area contributed by atoms with Crippen LogP contribution in [0.2, 0.25) is 0 Å². The van der Waals surface area contributed by atoms with Gasteiger partial charge in [0.2, 0.25) is 0 Å². The first-order valence-electron chi connectivity index (χ1n) is 9.07. The van der Waals surface area contributed by atoms with Crippen LogP contribution in [0.1, 0.15) is 46.5 Å². The second kappa shape index (κ2) is 10.4. The normalized spacial score (nSPS) is 10.3. The molecule has 6 nitrogen and oxygen atoms in total. The molecule has 0 fully saturated rings. The van der Waals surface area contributed by atoms with Crippen molar-refractivity contribution in [1.82, 2.24) is 16.2 Å². The van der Waals surface area contributed by atoms with Crippen LogP contribution in [0.4, 0.5) is 0 Å². The molecule has 0 heterocycles. The van der Waals surface area contributed by atoms with Gasteiger partial charge in [0, 0.05) is 11.1 Å². The predicted molar refractivity (Wildman–Crippen MR) is 113 cm³/mol. The quantitative estimate of drug-likeness (QED) is 0.513. The fourth-order valence-electron chi connectivity index (χ4n) is 2.35. The van der Waals surface area contributed by atoms with Gasteiger partial charge < -0.3 is 4.74 Å². The third-order valence-corrected chi connectivity index (χ3v) is 4.17. The average molecular weight is 400 g/mol. The lowest BCUT2D eigenvalue weighted by Crippen LogP contribution is -2.48. The number of nitrogens with one attached hydrogen (secondary N) is 3. The summed E-state index contributed by atoms with van der Waals surface area (Å²) in [6.45, 7) is 6.68. The van der Waals surface area contributed by atoms with Crippen molar-refractivity contribution in [1.29, 1.82) is 0 Å². The zero-order chi connectivity index (χ0) is 20.5. The lowest BCUT2D eigenvalue weighted by Gasteiger charge is -2.12. The van der Waals surface area contributed by atoms with E-state index in [0.29, 0.717) is 29.4 Å². The number of rotatable bonds is 6. The molecule has 0 atom stereocenters. The van der Waals surface area contributed by atoms with Crippen molar-refractivity contribution in [3.8, 4) is 5.75 Å². The maximum absolute atomic E-state index is 12.4. The Morgan fingerprint density at radius 3 is 2.50 bits per heavy atom. The summed E-state index contributed by atoms with van der Waals surface area (Å²) in [4.78, 5) is 24.5. The molecule has 28 heavy (non-hydrogen) atoms. The van der Waals surface area contributed by atoms with E-state index in [1.165, 1.54) is 0 Å². The minimum absolute atomic E-state index is 0.00179. The molecular weight excluding hydrogens is 374 g/mol. The van der Waals surface area contributed by atoms with Crippen molar-refractivity contribution in [3.05, 3.63) is 65.2 Å². The van der Waals surface area contributed by atoms with Crippen molar-refractivity contribution in [2.45, 2.75) is 27.2 Å². The fraction of sp³-hybridized carbons (Fsp3) is 0.286. The Kier molecular flexibility index (Phi) is 7.95.